The Kier molecular flexibility index (Phi) is 6.83. The molecule has 0 spiro atoms. The summed E-state index contributed by atoms with van der Waals surface area (Å²) in [7, 11) is 0. The second-order valence-electron chi connectivity index (χ2n) is 11.3. The third-order valence-electron chi connectivity index (χ3n) is 8.74. The Morgan fingerprint density at radius 3 is 2.05 bits per heavy atom. The summed E-state index contributed by atoms with van der Waals surface area (Å²) < 4.78 is 0. The topological polar surface area (TPSA) is 24.1 Å². The van der Waals surface area contributed by atoms with Gasteiger partial charge in [-0.3, -0.25) is 0 Å². The maximum atomic E-state index is 3.82. The van der Waals surface area contributed by atoms with Gasteiger partial charge in [0.05, 0.1) is 0 Å². The molecule has 0 aliphatic heterocycles. The Labute approximate surface area is 238 Å². The van der Waals surface area contributed by atoms with E-state index in [0.29, 0.717) is 11.8 Å². The van der Waals surface area contributed by atoms with Gasteiger partial charge in [-0.1, -0.05) is 91.0 Å². The Morgan fingerprint density at radius 1 is 0.600 bits per heavy atom. The monoisotopic (exact) mass is 520 g/mol. The third-order valence-corrected chi connectivity index (χ3v) is 8.74. The van der Waals surface area contributed by atoms with Crippen LogP contribution in [0.2, 0.25) is 0 Å². The zero-order valence-corrected chi connectivity index (χ0v) is 22.9. The van der Waals surface area contributed by atoms with Crippen LogP contribution in [-0.2, 0) is 0 Å². The first-order chi connectivity index (χ1) is 19.8. The van der Waals surface area contributed by atoms with E-state index in [4.69, 9.17) is 0 Å². The summed E-state index contributed by atoms with van der Waals surface area (Å²) in [6.45, 7) is 0. The van der Waals surface area contributed by atoms with Gasteiger partial charge in [-0.2, -0.15) is 0 Å². The van der Waals surface area contributed by atoms with Crippen molar-refractivity contribution in [2.24, 2.45) is 5.92 Å². The molecule has 0 aromatic heterocycles. The van der Waals surface area contributed by atoms with Gasteiger partial charge in [0.25, 0.3) is 0 Å². The average molecular weight is 521 g/mol. The number of benzene rings is 3. The zero-order valence-electron chi connectivity index (χ0n) is 22.9. The van der Waals surface area contributed by atoms with Crippen LogP contribution in [0.5, 0.6) is 0 Å². The van der Waals surface area contributed by atoms with Gasteiger partial charge in [0.2, 0.25) is 0 Å². The molecule has 0 radical (unpaired) electrons. The minimum Gasteiger partial charge on any atom is -0.362 e. The van der Waals surface area contributed by atoms with E-state index in [0.717, 1.165) is 44.2 Å². The molecule has 40 heavy (non-hydrogen) atoms. The van der Waals surface area contributed by atoms with Gasteiger partial charge >= 0.3 is 0 Å². The van der Waals surface area contributed by atoms with E-state index in [-0.39, 0.29) is 0 Å². The SMILES string of the molecule is C1=CCCC(NC2=CC3=C(c4ccccc4)C4=C(C=C(Nc5ccccc5)CC4)C(c4ccccc4)C3CC2)=C1. The van der Waals surface area contributed by atoms with Gasteiger partial charge in [-0.25, -0.2) is 0 Å². The minimum absolute atomic E-state index is 0.348. The number of hydrogen-bond donors (Lipinski definition) is 2. The van der Waals surface area contributed by atoms with E-state index >= 15 is 0 Å². The van der Waals surface area contributed by atoms with E-state index in [2.05, 4.69) is 132 Å². The number of anilines is 1. The fourth-order valence-electron chi connectivity index (χ4n) is 6.96. The van der Waals surface area contributed by atoms with Gasteiger partial charge in [0.1, 0.15) is 0 Å². The summed E-state index contributed by atoms with van der Waals surface area (Å²) in [5, 5.41) is 7.56. The lowest BCUT2D eigenvalue weighted by molar-refractivity contribution is 0.475. The van der Waals surface area contributed by atoms with E-state index < -0.39 is 0 Å². The van der Waals surface area contributed by atoms with Crippen LogP contribution in [0.15, 0.2) is 155 Å². The van der Waals surface area contributed by atoms with Crippen molar-refractivity contribution in [3.63, 3.8) is 0 Å². The van der Waals surface area contributed by atoms with Gasteiger partial charge < -0.3 is 10.6 Å². The first-order valence-electron chi connectivity index (χ1n) is 14.8. The molecule has 2 heteroatoms. The second-order valence-corrected chi connectivity index (χ2v) is 11.3. The van der Waals surface area contributed by atoms with Crippen LogP contribution in [0.4, 0.5) is 5.69 Å². The lowest BCUT2D eigenvalue weighted by Gasteiger charge is -2.42. The van der Waals surface area contributed by atoms with Gasteiger partial charge in [0.15, 0.2) is 0 Å². The van der Waals surface area contributed by atoms with E-state index in [1.807, 2.05) is 0 Å². The van der Waals surface area contributed by atoms with Crippen molar-refractivity contribution >= 4 is 11.3 Å². The molecule has 0 amide bonds. The first kappa shape index (κ1) is 24.7. The van der Waals surface area contributed by atoms with Crippen LogP contribution in [0.1, 0.15) is 55.6 Å². The van der Waals surface area contributed by atoms with Crippen LogP contribution in [0, 0.1) is 5.92 Å². The molecule has 2 atom stereocenters. The van der Waals surface area contributed by atoms with E-state index in [1.165, 1.54) is 50.5 Å². The second kappa shape index (κ2) is 11.1. The lowest BCUT2D eigenvalue weighted by Crippen LogP contribution is -2.29. The average Bonchev–Trinajstić information content (AvgIpc) is 3.02. The Hall–Kier alpha value is -4.30. The Balaban J connectivity index is 1.39. The first-order valence-corrected chi connectivity index (χ1v) is 14.8. The van der Waals surface area contributed by atoms with Crippen LogP contribution >= 0.6 is 0 Å². The number of para-hydroxylation sites is 1. The zero-order chi connectivity index (χ0) is 26.7. The molecule has 3 aromatic carbocycles. The Bertz CT molecular complexity index is 1570. The molecule has 0 saturated heterocycles. The number of rotatable bonds is 6. The summed E-state index contributed by atoms with van der Waals surface area (Å²) in [6, 6.07) is 32.9. The molecule has 2 nitrogen and oxygen atoms in total. The quantitative estimate of drug-likeness (QED) is 0.338. The molecule has 0 fully saturated rings. The van der Waals surface area contributed by atoms with Crippen molar-refractivity contribution in [2.75, 3.05) is 5.32 Å². The molecule has 7 rings (SSSR count). The Morgan fingerprint density at radius 2 is 1.30 bits per heavy atom. The summed E-state index contributed by atoms with van der Waals surface area (Å²) in [6.07, 6.45) is 18.1. The van der Waals surface area contributed by atoms with Gasteiger partial charge in [-0.05, 0) is 108 Å². The molecular weight excluding hydrogens is 484 g/mol. The van der Waals surface area contributed by atoms with Crippen molar-refractivity contribution < 1.29 is 0 Å². The molecule has 4 aliphatic rings. The summed E-state index contributed by atoms with van der Waals surface area (Å²) in [4.78, 5) is 0. The molecule has 0 saturated carbocycles. The van der Waals surface area contributed by atoms with E-state index in [1.54, 1.807) is 0 Å². The minimum atomic E-state index is 0.348. The fraction of sp³-hybridized carbons (Fsp3) is 0.211. The maximum Gasteiger partial charge on any atom is 0.0381 e. The lowest BCUT2D eigenvalue weighted by atomic mass is 9.63. The van der Waals surface area contributed by atoms with Crippen LogP contribution < -0.4 is 10.6 Å². The van der Waals surface area contributed by atoms with Crippen LogP contribution in [-0.4, -0.2) is 0 Å². The number of nitrogens with one attached hydrogen (secondary N) is 2. The smallest absolute Gasteiger partial charge is 0.0381 e. The fourth-order valence-corrected chi connectivity index (χ4v) is 6.96. The van der Waals surface area contributed by atoms with Crippen molar-refractivity contribution in [2.45, 2.75) is 44.4 Å². The highest BCUT2D eigenvalue weighted by Gasteiger charge is 2.39. The van der Waals surface area contributed by atoms with Crippen molar-refractivity contribution in [3.8, 4) is 0 Å². The molecule has 198 valence electrons. The molecule has 0 heterocycles. The highest BCUT2D eigenvalue weighted by atomic mass is 14.9. The number of hydrogen-bond acceptors (Lipinski definition) is 2. The normalized spacial score (nSPS) is 22.1. The highest BCUT2D eigenvalue weighted by molar-refractivity contribution is 5.88. The summed E-state index contributed by atoms with van der Waals surface area (Å²) >= 11 is 0. The standard InChI is InChI=1S/C38H36N2/c1-5-13-27(14-6-1)37-33-23-21-32(40-30-19-11-4-12-20-30)26-36(33)38(28-15-7-2-8-16-28)34-24-22-31(25-35(34)37)39-29-17-9-3-10-18-29/h1-11,13-19,25-26,33,37,39-40H,12,20-24H2. The number of allylic oxidation sites excluding steroid dienone is 12. The maximum absolute atomic E-state index is 3.82. The summed E-state index contributed by atoms with van der Waals surface area (Å²) in [5.41, 5.74) is 13.9. The summed E-state index contributed by atoms with van der Waals surface area (Å²) in [5.74, 6) is 0.788. The van der Waals surface area contributed by atoms with E-state index in [9.17, 15) is 0 Å². The highest BCUT2D eigenvalue weighted by Crippen LogP contribution is 2.54. The van der Waals surface area contributed by atoms with Crippen molar-refractivity contribution in [3.05, 3.63) is 166 Å². The molecule has 4 aliphatic carbocycles. The van der Waals surface area contributed by atoms with Gasteiger partial charge in [-0.15, -0.1) is 0 Å². The largest absolute Gasteiger partial charge is 0.362 e. The van der Waals surface area contributed by atoms with Crippen LogP contribution in [0.3, 0.4) is 0 Å². The van der Waals surface area contributed by atoms with Crippen molar-refractivity contribution in [1.82, 2.24) is 5.32 Å². The van der Waals surface area contributed by atoms with Crippen molar-refractivity contribution in [1.29, 1.82) is 0 Å². The molecule has 2 N–H and O–H groups in total. The third kappa shape index (κ3) is 4.91. The predicted octanol–water partition coefficient (Wildman–Crippen LogP) is 9.44. The predicted molar refractivity (Wildman–Crippen MR) is 167 cm³/mol. The molecule has 0 bridgehead atoms. The molecule has 2 unspecified atom stereocenters. The molecular formula is C38H36N2. The van der Waals surface area contributed by atoms with Crippen LogP contribution in [0.25, 0.3) is 5.57 Å². The number of fused-ring (bicyclic) bond motifs is 1. The molecule has 3 aromatic rings. The van der Waals surface area contributed by atoms with Gasteiger partial charge in [0, 0.05) is 28.7 Å².